The Kier molecular flexibility index (Phi) is 5.94. The van der Waals surface area contributed by atoms with Gasteiger partial charge >= 0.3 is 0 Å². The molecule has 0 spiro atoms. The van der Waals surface area contributed by atoms with E-state index in [1.54, 1.807) is 0 Å². The Morgan fingerprint density at radius 3 is 2.62 bits per heavy atom. The highest BCUT2D eigenvalue weighted by Gasteiger charge is 2.16. The summed E-state index contributed by atoms with van der Waals surface area (Å²) in [5, 5.41) is 8.06. The highest BCUT2D eigenvalue weighted by Crippen LogP contribution is 2.22. The molecule has 2 rings (SSSR count). The number of hydrogen-bond acceptors (Lipinski definition) is 3. The summed E-state index contributed by atoms with van der Waals surface area (Å²) in [5.41, 5.74) is 3.65. The Labute approximate surface area is 135 Å². The van der Waals surface area contributed by atoms with Crippen LogP contribution in [0.5, 0.6) is 0 Å². The van der Waals surface area contributed by atoms with E-state index in [0.717, 1.165) is 36.0 Å². The Morgan fingerprint density at radius 1 is 1.33 bits per heavy atom. The average molecular weight is 351 g/mol. The van der Waals surface area contributed by atoms with Gasteiger partial charge in [0.15, 0.2) is 0 Å². The zero-order chi connectivity index (χ0) is 15.2. The van der Waals surface area contributed by atoms with Crippen LogP contribution in [-0.4, -0.2) is 27.4 Å². The van der Waals surface area contributed by atoms with E-state index in [1.165, 1.54) is 11.3 Å². The molecule has 0 bridgehead atoms. The number of nitrogens with one attached hydrogen (secondary N) is 1. The van der Waals surface area contributed by atoms with Gasteiger partial charge in [0.2, 0.25) is 0 Å². The molecule has 21 heavy (non-hydrogen) atoms. The lowest BCUT2D eigenvalue weighted by molar-refractivity contribution is 0.477. The Balaban J connectivity index is 2.02. The molecule has 2 aromatic heterocycles. The number of aromatic nitrogens is 3. The van der Waals surface area contributed by atoms with E-state index in [4.69, 9.17) is 0 Å². The second kappa shape index (κ2) is 7.71. The van der Waals surface area contributed by atoms with E-state index < -0.39 is 0 Å². The van der Waals surface area contributed by atoms with Crippen molar-refractivity contribution in [1.29, 1.82) is 0 Å². The van der Waals surface area contributed by atoms with Gasteiger partial charge in [-0.05, 0) is 59.9 Å². The van der Waals surface area contributed by atoms with Crippen molar-refractivity contribution < 1.29 is 0 Å². The second-order valence-corrected chi connectivity index (χ2v) is 6.12. The average Bonchev–Trinajstić information content (AvgIpc) is 2.72. The molecule has 0 saturated heterocycles. The minimum absolute atomic E-state index is 0.453. The molecule has 0 radical (unpaired) electrons. The molecular formula is C16H23BrN4. The fourth-order valence-corrected chi connectivity index (χ4v) is 3.09. The maximum atomic E-state index is 4.48. The van der Waals surface area contributed by atoms with Crippen molar-refractivity contribution in [2.75, 3.05) is 6.54 Å². The molecule has 0 aliphatic rings. The molecule has 0 fully saturated rings. The van der Waals surface area contributed by atoms with Crippen LogP contribution >= 0.6 is 15.9 Å². The van der Waals surface area contributed by atoms with Crippen molar-refractivity contribution in [3.05, 3.63) is 46.0 Å². The summed E-state index contributed by atoms with van der Waals surface area (Å²) in [7, 11) is 2.01. The number of pyridine rings is 1. The Hall–Kier alpha value is -1.20. The fraction of sp³-hybridized carbons (Fsp3) is 0.500. The van der Waals surface area contributed by atoms with E-state index in [2.05, 4.69) is 50.4 Å². The largest absolute Gasteiger partial charge is 0.314 e. The predicted octanol–water partition coefficient (Wildman–Crippen LogP) is 3.04. The van der Waals surface area contributed by atoms with Gasteiger partial charge in [-0.2, -0.15) is 5.10 Å². The number of aryl methyl sites for hydroxylation is 3. The standard InChI is InChI=1S/C16H23BrN4/c1-4-19-14(6-5-13-7-9-18-10-8-13)11-15-16(17)12(2)20-21(15)3/h7-10,14,19H,4-6,11H2,1-3H3. The molecule has 2 aromatic rings. The van der Waals surface area contributed by atoms with Gasteiger partial charge in [0, 0.05) is 31.9 Å². The highest BCUT2D eigenvalue weighted by molar-refractivity contribution is 9.10. The van der Waals surface area contributed by atoms with Crippen molar-refractivity contribution >= 4 is 15.9 Å². The van der Waals surface area contributed by atoms with Crippen LogP contribution < -0.4 is 5.32 Å². The lowest BCUT2D eigenvalue weighted by atomic mass is 10.0. The summed E-state index contributed by atoms with van der Waals surface area (Å²) in [6.45, 7) is 5.17. The first kappa shape index (κ1) is 16.2. The van der Waals surface area contributed by atoms with Crippen molar-refractivity contribution in [3.63, 3.8) is 0 Å². The summed E-state index contributed by atoms with van der Waals surface area (Å²) in [6, 6.07) is 4.63. The Bertz CT molecular complexity index is 565. The van der Waals surface area contributed by atoms with Crippen molar-refractivity contribution in [3.8, 4) is 0 Å². The smallest absolute Gasteiger partial charge is 0.0738 e. The van der Waals surface area contributed by atoms with Crippen LogP contribution in [0, 0.1) is 6.92 Å². The zero-order valence-corrected chi connectivity index (χ0v) is 14.5. The van der Waals surface area contributed by atoms with E-state index in [0.29, 0.717) is 6.04 Å². The topological polar surface area (TPSA) is 42.7 Å². The summed E-state index contributed by atoms with van der Waals surface area (Å²) >= 11 is 3.66. The maximum Gasteiger partial charge on any atom is 0.0738 e. The summed E-state index contributed by atoms with van der Waals surface area (Å²) in [6.07, 6.45) is 6.87. The van der Waals surface area contributed by atoms with E-state index >= 15 is 0 Å². The molecule has 1 atom stereocenters. The molecule has 0 aliphatic heterocycles. The van der Waals surface area contributed by atoms with E-state index in [9.17, 15) is 0 Å². The van der Waals surface area contributed by atoms with Gasteiger partial charge in [0.05, 0.1) is 15.9 Å². The van der Waals surface area contributed by atoms with E-state index in [-0.39, 0.29) is 0 Å². The number of hydrogen-bond donors (Lipinski definition) is 1. The van der Waals surface area contributed by atoms with Crippen LogP contribution in [0.15, 0.2) is 29.0 Å². The highest BCUT2D eigenvalue weighted by atomic mass is 79.9. The van der Waals surface area contributed by atoms with Crippen LogP contribution in [0.4, 0.5) is 0 Å². The molecule has 0 amide bonds. The van der Waals surface area contributed by atoms with Crippen LogP contribution in [0.25, 0.3) is 0 Å². The van der Waals surface area contributed by atoms with Crippen LogP contribution in [0.3, 0.4) is 0 Å². The van der Waals surface area contributed by atoms with Crippen LogP contribution in [0.1, 0.15) is 30.3 Å². The van der Waals surface area contributed by atoms with Crippen LogP contribution in [-0.2, 0) is 19.9 Å². The number of halogens is 1. The quantitative estimate of drug-likeness (QED) is 0.834. The third-order valence-corrected chi connectivity index (χ3v) is 4.76. The molecule has 0 aliphatic carbocycles. The van der Waals surface area contributed by atoms with Gasteiger partial charge in [-0.25, -0.2) is 0 Å². The molecule has 1 unspecified atom stereocenters. The summed E-state index contributed by atoms with van der Waals surface area (Å²) in [4.78, 5) is 4.07. The van der Waals surface area contributed by atoms with Gasteiger partial charge in [0.1, 0.15) is 0 Å². The SMILES string of the molecule is CCNC(CCc1ccncc1)Cc1c(Br)c(C)nn1C. The minimum Gasteiger partial charge on any atom is -0.314 e. The van der Waals surface area contributed by atoms with Gasteiger partial charge in [0.25, 0.3) is 0 Å². The van der Waals surface area contributed by atoms with Crippen molar-refractivity contribution in [2.24, 2.45) is 7.05 Å². The molecule has 0 aromatic carbocycles. The molecule has 4 nitrogen and oxygen atoms in total. The number of nitrogens with zero attached hydrogens (tertiary/aromatic N) is 3. The third kappa shape index (κ3) is 4.38. The van der Waals surface area contributed by atoms with Crippen LogP contribution in [0.2, 0.25) is 0 Å². The fourth-order valence-electron chi connectivity index (χ4n) is 2.59. The minimum atomic E-state index is 0.453. The zero-order valence-electron chi connectivity index (χ0n) is 12.9. The van der Waals surface area contributed by atoms with Crippen molar-refractivity contribution in [2.45, 2.75) is 39.2 Å². The lowest BCUT2D eigenvalue weighted by Crippen LogP contribution is -2.32. The number of rotatable bonds is 7. The van der Waals surface area contributed by atoms with E-state index in [1.807, 2.05) is 31.0 Å². The molecule has 5 heteroatoms. The molecule has 0 saturated carbocycles. The monoisotopic (exact) mass is 350 g/mol. The lowest BCUT2D eigenvalue weighted by Gasteiger charge is -2.18. The predicted molar refractivity (Wildman–Crippen MR) is 89.4 cm³/mol. The Morgan fingerprint density at radius 2 is 2.05 bits per heavy atom. The van der Waals surface area contributed by atoms with Gasteiger partial charge in [-0.1, -0.05) is 6.92 Å². The molecule has 114 valence electrons. The van der Waals surface area contributed by atoms with Gasteiger partial charge < -0.3 is 5.32 Å². The summed E-state index contributed by atoms with van der Waals surface area (Å²) < 4.78 is 3.12. The molecule has 2 heterocycles. The molecule has 1 N–H and O–H groups in total. The maximum absolute atomic E-state index is 4.48. The van der Waals surface area contributed by atoms with Gasteiger partial charge in [-0.15, -0.1) is 0 Å². The summed E-state index contributed by atoms with van der Waals surface area (Å²) in [5.74, 6) is 0. The number of likely N-dealkylation sites (N-methyl/N-ethyl adjacent to an activating group) is 1. The first-order valence-electron chi connectivity index (χ1n) is 7.42. The van der Waals surface area contributed by atoms with Gasteiger partial charge in [-0.3, -0.25) is 9.67 Å². The molecular weight excluding hydrogens is 328 g/mol. The second-order valence-electron chi connectivity index (χ2n) is 5.32. The van der Waals surface area contributed by atoms with Crippen molar-refractivity contribution in [1.82, 2.24) is 20.1 Å². The third-order valence-electron chi connectivity index (χ3n) is 3.73. The first-order chi connectivity index (χ1) is 10.1. The normalized spacial score (nSPS) is 12.6. The first-order valence-corrected chi connectivity index (χ1v) is 8.21.